The minimum atomic E-state index is -1.30. The molecule has 3 heterocycles. The zero-order chi connectivity index (χ0) is 19.3. The summed E-state index contributed by atoms with van der Waals surface area (Å²) in [5.41, 5.74) is 0.480. The van der Waals surface area contributed by atoms with Crippen molar-refractivity contribution in [3.63, 3.8) is 0 Å². The molecule has 1 N–H and O–H groups in total. The van der Waals surface area contributed by atoms with Crippen LogP contribution in [-0.4, -0.2) is 58.8 Å². The van der Waals surface area contributed by atoms with Gasteiger partial charge in [0.2, 0.25) is 5.43 Å². The van der Waals surface area contributed by atoms with Gasteiger partial charge >= 0.3 is 5.97 Å². The molecule has 1 saturated heterocycles. The summed E-state index contributed by atoms with van der Waals surface area (Å²) in [4.78, 5) is 32.4. The lowest BCUT2D eigenvalue weighted by molar-refractivity contribution is 0.0695. The number of fused-ring (bicyclic) bond motifs is 2. The van der Waals surface area contributed by atoms with E-state index < -0.39 is 11.4 Å². The number of rotatable bonds is 2. The van der Waals surface area contributed by atoms with Crippen LogP contribution >= 0.6 is 0 Å². The van der Waals surface area contributed by atoms with Gasteiger partial charge < -0.3 is 19.5 Å². The number of pyridine rings is 2. The van der Waals surface area contributed by atoms with E-state index in [4.69, 9.17) is 0 Å². The molecule has 4 rings (SSSR count). The number of carboxylic acids is 1. The molecule has 140 valence electrons. The monoisotopic (exact) mass is 370 g/mol. The van der Waals surface area contributed by atoms with Crippen LogP contribution in [0.2, 0.25) is 0 Å². The fraction of sp³-hybridized carbons (Fsp3) is 0.316. The largest absolute Gasteiger partial charge is 0.477 e. The van der Waals surface area contributed by atoms with Crippen molar-refractivity contribution in [3.8, 4) is 0 Å². The van der Waals surface area contributed by atoms with Gasteiger partial charge in [-0.25, -0.2) is 14.2 Å². The van der Waals surface area contributed by atoms with Crippen molar-refractivity contribution in [2.75, 3.05) is 38.1 Å². The van der Waals surface area contributed by atoms with Crippen molar-refractivity contribution in [2.24, 2.45) is 7.05 Å². The number of aromatic nitrogens is 2. The van der Waals surface area contributed by atoms with Crippen molar-refractivity contribution < 1.29 is 14.3 Å². The third-order valence-electron chi connectivity index (χ3n) is 5.08. The van der Waals surface area contributed by atoms with E-state index in [0.717, 1.165) is 26.2 Å². The number of carboxylic acid groups (broad SMARTS) is 1. The lowest BCUT2D eigenvalue weighted by Crippen LogP contribution is -2.44. The number of benzene rings is 1. The number of hydrogen-bond donors (Lipinski definition) is 1. The molecule has 0 atom stereocenters. The van der Waals surface area contributed by atoms with Crippen molar-refractivity contribution in [2.45, 2.75) is 0 Å². The number of halogens is 1. The molecule has 0 radical (unpaired) electrons. The molecular formula is C19H19FN4O3. The van der Waals surface area contributed by atoms with Crippen molar-refractivity contribution in [3.05, 3.63) is 46.0 Å². The molecule has 0 unspecified atom stereocenters. The summed E-state index contributed by atoms with van der Waals surface area (Å²) in [6.45, 7) is 3.17. The van der Waals surface area contributed by atoms with E-state index in [-0.39, 0.29) is 16.8 Å². The van der Waals surface area contributed by atoms with E-state index in [0.29, 0.717) is 22.2 Å². The maximum Gasteiger partial charge on any atom is 0.341 e. The van der Waals surface area contributed by atoms with E-state index in [2.05, 4.69) is 9.88 Å². The average molecular weight is 370 g/mol. The molecule has 27 heavy (non-hydrogen) atoms. The summed E-state index contributed by atoms with van der Waals surface area (Å²) in [6.07, 6.45) is 1.26. The number of carbonyl (C=O) groups is 1. The summed E-state index contributed by atoms with van der Waals surface area (Å²) in [5, 5.41) is 9.84. The van der Waals surface area contributed by atoms with E-state index in [1.54, 1.807) is 13.1 Å². The predicted octanol–water partition coefficient (Wildman–Crippen LogP) is 1.68. The molecule has 1 aliphatic heterocycles. The first-order valence-electron chi connectivity index (χ1n) is 8.65. The SMILES string of the molecule is CN1CCN(c2cc3nc4c(cc3cc2F)c(=O)c(C(=O)O)cn4C)CC1. The van der Waals surface area contributed by atoms with Crippen LogP contribution in [0.1, 0.15) is 10.4 Å². The lowest BCUT2D eigenvalue weighted by Gasteiger charge is -2.34. The van der Waals surface area contributed by atoms with Gasteiger partial charge in [-0.3, -0.25) is 4.79 Å². The van der Waals surface area contributed by atoms with E-state index >= 15 is 0 Å². The Hall–Kier alpha value is -3.00. The van der Waals surface area contributed by atoms with Gasteiger partial charge in [0.25, 0.3) is 0 Å². The highest BCUT2D eigenvalue weighted by Crippen LogP contribution is 2.27. The van der Waals surface area contributed by atoms with Gasteiger partial charge in [-0.1, -0.05) is 0 Å². The normalized spacial score (nSPS) is 15.6. The molecule has 0 saturated carbocycles. The molecule has 8 heteroatoms. The minimum absolute atomic E-state index is 0.164. The van der Waals surface area contributed by atoms with Gasteiger partial charge in [0.1, 0.15) is 17.0 Å². The van der Waals surface area contributed by atoms with Crippen LogP contribution in [0.4, 0.5) is 10.1 Å². The highest BCUT2D eigenvalue weighted by Gasteiger charge is 2.20. The fourth-order valence-corrected chi connectivity index (χ4v) is 3.51. The first-order chi connectivity index (χ1) is 12.8. The summed E-state index contributed by atoms with van der Waals surface area (Å²) in [6, 6.07) is 4.58. The standard InChI is InChI=1S/C19H19FN4O3/c1-22-3-5-24(6-4-22)16-9-15-11(8-14(16)20)7-12-17(25)13(19(26)27)10-23(2)18(12)21-15/h7-10H,3-6H2,1-2H3,(H,26,27). The summed E-state index contributed by atoms with van der Waals surface area (Å²) in [5.74, 6) is -1.67. The number of nitrogens with zero attached hydrogens (tertiary/aromatic N) is 4. The Kier molecular flexibility index (Phi) is 4.07. The van der Waals surface area contributed by atoms with Gasteiger partial charge in [0, 0.05) is 44.8 Å². The molecule has 0 bridgehead atoms. The molecule has 1 fully saturated rings. The summed E-state index contributed by atoms with van der Waals surface area (Å²) in [7, 11) is 3.67. The fourth-order valence-electron chi connectivity index (χ4n) is 3.51. The van der Waals surface area contributed by atoms with Crippen LogP contribution in [-0.2, 0) is 7.05 Å². The average Bonchev–Trinajstić information content (AvgIpc) is 2.63. The second-order valence-corrected chi connectivity index (χ2v) is 6.93. The first-order valence-corrected chi connectivity index (χ1v) is 8.65. The molecule has 3 aromatic rings. The van der Waals surface area contributed by atoms with Crippen LogP contribution in [0.3, 0.4) is 0 Å². The van der Waals surface area contributed by atoms with Gasteiger partial charge in [-0.05, 0) is 25.2 Å². The summed E-state index contributed by atoms with van der Waals surface area (Å²) < 4.78 is 16.2. The Morgan fingerprint density at radius 2 is 1.85 bits per heavy atom. The number of aromatic carboxylic acids is 1. The summed E-state index contributed by atoms with van der Waals surface area (Å²) >= 11 is 0. The third-order valence-corrected chi connectivity index (χ3v) is 5.08. The van der Waals surface area contributed by atoms with Crippen molar-refractivity contribution in [1.29, 1.82) is 0 Å². The molecule has 1 aliphatic rings. The molecule has 7 nitrogen and oxygen atoms in total. The van der Waals surface area contributed by atoms with E-state index in [9.17, 15) is 19.1 Å². The van der Waals surface area contributed by atoms with Crippen LogP contribution < -0.4 is 10.3 Å². The molecule has 1 aromatic carbocycles. The topological polar surface area (TPSA) is 78.7 Å². The lowest BCUT2D eigenvalue weighted by atomic mass is 10.1. The van der Waals surface area contributed by atoms with Gasteiger partial charge in [0.05, 0.1) is 16.6 Å². The number of hydrogen-bond acceptors (Lipinski definition) is 5. The van der Waals surface area contributed by atoms with E-state index in [1.165, 1.54) is 22.9 Å². The third kappa shape index (κ3) is 2.91. The highest BCUT2D eigenvalue weighted by atomic mass is 19.1. The van der Waals surface area contributed by atoms with Crippen LogP contribution in [0.5, 0.6) is 0 Å². The zero-order valence-electron chi connectivity index (χ0n) is 15.1. The Labute approximate surface area is 154 Å². The number of piperazine rings is 1. The zero-order valence-corrected chi connectivity index (χ0v) is 15.1. The molecule has 0 spiro atoms. The molecule has 0 aliphatic carbocycles. The number of aryl methyl sites for hydroxylation is 1. The number of likely N-dealkylation sites (N-methyl/N-ethyl adjacent to an activating group) is 1. The Bertz CT molecular complexity index is 1130. The number of anilines is 1. The van der Waals surface area contributed by atoms with Crippen LogP contribution in [0, 0.1) is 5.82 Å². The Morgan fingerprint density at radius 3 is 2.52 bits per heavy atom. The maximum absolute atomic E-state index is 14.7. The first kappa shape index (κ1) is 17.4. The van der Waals surface area contributed by atoms with Gasteiger partial charge in [0.15, 0.2) is 0 Å². The van der Waals surface area contributed by atoms with Crippen molar-refractivity contribution in [1.82, 2.24) is 14.5 Å². The van der Waals surface area contributed by atoms with Gasteiger partial charge in [-0.2, -0.15) is 0 Å². The van der Waals surface area contributed by atoms with Crippen LogP contribution in [0.25, 0.3) is 21.9 Å². The Balaban J connectivity index is 1.91. The second-order valence-electron chi connectivity index (χ2n) is 6.93. The second kappa shape index (κ2) is 6.31. The quantitative estimate of drug-likeness (QED) is 0.692. The van der Waals surface area contributed by atoms with E-state index in [1.807, 2.05) is 11.9 Å². The van der Waals surface area contributed by atoms with Gasteiger partial charge in [-0.15, -0.1) is 0 Å². The maximum atomic E-state index is 14.7. The predicted molar refractivity (Wildman–Crippen MR) is 101 cm³/mol. The molecule has 0 amide bonds. The molecule has 2 aromatic heterocycles. The highest BCUT2D eigenvalue weighted by molar-refractivity contribution is 5.96. The van der Waals surface area contributed by atoms with Crippen molar-refractivity contribution >= 4 is 33.6 Å². The van der Waals surface area contributed by atoms with Crippen LogP contribution in [0.15, 0.2) is 29.2 Å². The molecular weight excluding hydrogens is 351 g/mol. The Morgan fingerprint density at radius 1 is 1.15 bits per heavy atom. The minimum Gasteiger partial charge on any atom is -0.477 e. The smallest absolute Gasteiger partial charge is 0.341 e.